The lowest BCUT2D eigenvalue weighted by molar-refractivity contribution is 0.172. The van der Waals surface area contributed by atoms with Gasteiger partial charge in [-0.3, -0.25) is 0 Å². The van der Waals surface area contributed by atoms with Crippen LogP contribution in [0.2, 0.25) is 0 Å². The van der Waals surface area contributed by atoms with Crippen molar-refractivity contribution < 1.29 is 14.6 Å². The molecule has 0 fully saturated rings. The minimum atomic E-state index is -0.524. The van der Waals surface area contributed by atoms with Crippen LogP contribution in [-0.4, -0.2) is 29.4 Å². The van der Waals surface area contributed by atoms with Gasteiger partial charge in [-0.2, -0.15) is 0 Å². The van der Waals surface area contributed by atoms with Crippen molar-refractivity contribution in [1.82, 2.24) is 4.57 Å². The van der Waals surface area contributed by atoms with Gasteiger partial charge in [0.25, 0.3) is 0 Å². The molecule has 0 saturated carbocycles. The highest BCUT2D eigenvalue weighted by Crippen LogP contribution is 2.38. The molecule has 5 heteroatoms. The number of nitrogens with two attached hydrogens (primary N) is 1. The normalized spacial score (nSPS) is 15.7. The zero-order valence-electron chi connectivity index (χ0n) is 10.9. The van der Waals surface area contributed by atoms with Crippen LogP contribution < -0.4 is 15.2 Å². The maximum atomic E-state index is 9.89. The lowest BCUT2D eigenvalue weighted by Crippen LogP contribution is -2.15. The zero-order valence-corrected chi connectivity index (χ0v) is 10.9. The number of aromatic nitrogens is 1. The Kier molecular flexibility index (Phi) is 3.08. The summed E-state index contributed by atoms with van der Waals surface area (Å²) in [7, 11) is 0. The SMILES string of the molecule is CC(O)c1cn(CCN)c2cc3c(cc12)OCCO3. The smallest absolute Gasteiger partial charge is 0.163 e. The minimum absolute atomic E-state index is 0.524. The van der Waals surface area contributed by atoms with Crippen LogP contribution in [0, 0.1) is 0 Å². The lowest BCUT2D eigenvalue weighted by Gasteiger charge is -2.19. The van der Waals surface area contributed by atoms with Gasteiger partial charge in [-0.25, -0.2) is 0 Å². The van der Waals surface area contributed by atoms with E-state index in [4.69, 9.17) is 15.2 Å². The van der Waals surface area contributed by atoms with Gasteiger partial charge in [0.1, 0.15) is 13.2 Å². The third-order valence-electron chi connectivity index (χ3n) is 3.40. The summed E-state index contributed by atoms with van der Waals surface area (Å²) in [4.78, 5) is 0. The molecule has 0 spiro atoms. The summed E-state index contributed by atoms with van der Waals surface area (Å²) in [5.74, 6) is 1.50. The minimum Gasteiger partial charge on any atom is -0.486 e. The van der Waals surface area contributed by atoms with Gasteiger partial charge >= 0.3 is 0 Å². The van der Waals surface area contributed by atoms with Crippen LogP contribution in [0.1, 0.15) is 18.6 Å². The van der Waals surface area contributed by atoms with Crippen LogP contribution in [0.15, 0.2) is 18.3 Å². The van der Waals surface area contributed by atoms with E-state index in [1.54, 1.807) is 6.92 Å². The first-order valence-electron chi connectivity index (χ1n) is 6.51. The van der Waals surface area contributed by atoms with Crippen molar-refractivity contribution in [2.24, 2.45) is 5.73 Å². The monoisotopic (exact) mass is 262 g/mol. The van der Waals surface area contributed by atoms with Crippen molar-refractivity contribution in [1.29, 1.82) is 0 Å². The molecule has 1 aliphatic heterocycles. The predicted octanol–water partition coefficient (Wildman–Crippen LogP) is 1.42. The maximum absolute atomic E-state index is 9.89. The van der Waals surface area contributed by atoms with Crippen molar-refractivity contribution in [2.75, 3.05) is 19.8 Å². The average molecular weight is 262 g/mol. The van der Waals surface area contributed by atoms with E-state index in [9.17, 15) is 5.11 Å². The van der Waals surface area contributed by atoms with E-state index in [-0.39, 0.29) is 0 Å². The van der Waals surface area contributed by atoms with E-state index in [2.05, 4.69) is 4.57 Å². The fourth-order valence-corrected chi connectivity index (χ4v) is 2.51. The highest BCUT2D eigenvalue weighted by atomic mass is 16.6. The summed E-state index contributed by atoms with van der Waals surface area (Å²) in [5, 5.41) is 10.9. The summed E-state index contributed by atoms with van der Waals surface area (Å²) < 4.78 is 13.2. The molecule has 1 atom stereocenters. The van der Waals surface area contributed by atoms with Crippen LogP contribution in [0.4, 0.5) is 0 Å². The molecule has 0 saturated heterocycles. The number of fused-ring (bicyclic) bond motifs is 2. The summed E-state index contributed by atoms with van der Waals surface area (Å²) in [6.45, 7) is 4.16. The van der Waals surface area contributed by atoms with E-state index >= 15 is 0 Å². The number of aliphatic hydroxyl groups excluding tert-OH is 1. The number of hydrogen-bond acceptors (Lipinski definition) is 4. The first-order chi connectivity index (χ1) is 9.20. The largest absolute Gasteiger partial charge is 0.486 e. The van der Waals surface area contributed by atoms with Gasteiger partial charge in [0.2, 0.25) is 0 Å². The highest BCUT2D eigenvalue weighted by Gasteiger charge is 2.18. The predicted molar refractivity (Wildman–Crippen MR) is 72.6 cm³/mol. The molecule has 102 valence electrons. The number of rotatable bonds is 3. The zero-order chi connectivity index (χ0) is 13.4. The fraction of sp³-hybridized carbons (Fsp3) is 0.429. The van der Waals surface area contributed by atoms with Crippen LogP contribution >= 0.6 is 0 Å². The molecule has 0 radical (unpaired) electrons. The van der Waals surface area contributed by atoms with Gasteiger partial charge in [-0.05, 0) is 13.0 Å². The third-order valence-corrected chi connectivity index (χ3v) is 3.40. The van der Waals surface area contributed by atoms with E-state index < -0.39 is 6.10 Å². The molecule has 19 heavy (non-hydrogen) atoms. The standard InChI is InChI=1S/C14H18N2O3/c1-9(17)11-8-16(3-2-15)12-7-14-13(6-10(11)12)18-4-5-19-14/h6-9,17H,2-5,15H2,1H3. The molecule has 2 aromatic rings. The van der Waals surface area contributed by atoms with Gasteiger partial charge in [0.05, 0.1) is 11.6 Å². The lowest BCUT2D eigenvalue weighted by atomic mass is 10.1. The Hall–Kier alpha value is -1.72. The number of hydrogen-bond donors (Lipinski definition) is 2. The first kappa shape index (κ1) is 12.3. The van der Waals surface area contributed by atoms with Gasteiger partial charge in [0, 0.05) is 36.3 Å². The third kappa shape index (κ3) is 2.05. The van der Waals surface area contributed by atoms with Crippen molar-refractivity contribution in [3.8, 4) is 11.5 Å². The van der Waals surface area contributed by atoms with Crippen LogP contribution in [0.3, 0.4) is 0 Å². The summed E-state index contributed by atoms with van der Waals surface area (Å²) >= 11 is 0. The number of nitrogens with zero attached hydrogens (tertiary/aromatic N) is 1. The molecule has 2 heterocycles. The van der Waals surface area contributed by atoms with Crippen molar-refractivity contribution in [3.63, 3.8) is 0 Å². The molecular formula is C14H18N2O3. The Morgan fingerprint density at radius 1 is 1.32 bits per heavy atom. The second-order valence-electron chi connectivity index (χ2n) is 4.76. The number of aliphatic hydroxyl groups is 1. The summed E-state index contributed by atoms with van der Waals surface area (Å²) in [6.07, 6.45) is 1.43. The number of ether oxygens (including phenoxy) is 2. The van der Waals surface area contributed by atoms with Crippen LogP contribution in [0.25, 0.3) is 10.9 Å². The van der Waals surface area contributed by atoms with Gasteiger partial charge in [-0.15, -0.1) is 0 Å². The molecule has 1 unspecified atom stereocenters. The molecular weight excluding hydrogens is 244 g/mol. The van der Waals surface area contributed by atoms with E-state index in [0.717, 1.165) is 28.0 Å². The summed E-state index contributed by atoms with van der Waals surface area (Å²) in [5.41, 5.74) is 7.54. The molecule has 0 aliphatic carbocycles. The van der Waals surface area contributed by atoms with E-state index in [1.807, 2.05) is 18.3 Å². The van der Waals surface area contributed by atoms with Gasteiger partial charge in [-0.1, -0.05) is 0 Å². The van der Waals surface area contributed by atoms with Gasteiger partial charge < -0.3 is 24.9 Å². The molecule has 0 amide bonds. The second-order valence-corrected chi connectivity index (χ2v) is 4.76. The van der Waals surface area contributed by atoms with Crippen molar-refractivity contribution in [2.45, 2.75) is 19.6 Å². The molecule has 5 nitrogen and oxygen atoms in total. The van der Waals surface area contributed by atoms with Crippen molar-refractivity contribution >= 4 is 10.9 Å². The molecule has 3 rings (SSSR count). The van der Waals surface area contributed by atoms with Crippen molar-refractivity contribution in [3.05, 3.63) is 23.9 Å². The average Bonchev–Trinajstić information content (AvgIpc) is 2.75. The van der Waals surface area contributed by atoms with E-state index in [0.29, 0.717) is 26.3 Å². The highest BCUT2D eigenvalue weighted by molar-refractivity contribution is 5.88. The fourth-order valence-electron chi connectivity index (χ4n) is 2.51. The maximum Gasteiger partial charge on any atom is 0.163 e. The number of benzene rings is 1. The Bertz CT molecular complexity index is 604. The quantitative estimate of drug-likeness (QED) is 0.877. The molecule has 1 aromatic heterocycles. The van der Waals surface area contributed by atoms with E-state index in [1.165, 1.54) is 0 Å². The molecule has 1 aromatic carbocycles. The molecule has 3 N–H and O–H groups in total. The Morgan fingerprint density at radius 3 is 2.63 bits per heavy atom. The van der Waals surface area contributed by atoms with Crippen LogP contribution in [-0.2, 0) is 6.54 Å². The summed E-state index contributed by atoms with van der Waals surface area (Å²) in [6, 6.07) is 3.91. The molecule has 0 bridgehead atoms. The topological polar surface area (TPSA) is 69.6 Å². The second kappa shape index (κ2) is 4.75. The molecule has 1 aliphatic rings. The Labute approximate surface area is 111 Å². The van der Waals surface area contributed by atoms with Gasteiger partial charge in [0.15, 0.2) is 11.5 Å². The first-order valence-corrected chi connectivity index (χ1v) is 6.51. The Balaban J connectivity index is 2.22. The van der Waals surface area contributed by atoms with Crippen LogP contribution in [0.5, 0.6) is 11.5 Å². The Morgan fingerprint density at radius 2 is 2.00 bits per heavy atom.